The minimum atomic E-state index is -0.190. The summed E-state index contributed by atoms with van der Waals surface area (Å²) in [5.41, 5.74) is 1.72. The number of rotatable bonds is 6. The van der Waals surface area contributed by atoms with Gasteiger partial charge < -0.3 is 4.90 Å². The second kappa shape index (κ2) is 8.44. The molecule has 0 radical (unpaired) electrons. The van der Waals surface area contributed by atoms with E-state index in [1.807, 2.05) is 29.2 Å². The number of aromatic nitrogens is 1. The Kier molecular flexibility index (Phi) is 5.52. The summed E-state index contributed by atoms with van der Waals surface area (Å²) in [5.74, 6) is 0.273. The van der Waals surface area contributed by atoms with E-state index in [1.54, 1.807) is 17.4 Å². The maximum Gasteiger partial charge on any atom is 0.236 e. The van der Waals surface area contributed by atoms with Crippen molar-refractivity contribution in [3.63, 3.8) is 0 Å². The first kappa shape index (κ1) is 19.6. The fourth-order valence-corrected chi connectivity index (χ4v) is 5.44. The van der Waals surface area contributed by atoms with Crippen LogP contribution in [-0.4, -0.2) is 46.4 Å². The number of hydrogen-bond acceptors (Lipinski definition) is 4. The van der Waals surface area contributed by atoms with Gasteiger partial charge in [-0.3, -0.25) is 9.69 Å². The van der Waals surface area contributed by atoms with E-state index in [2.05, 4.69) is 17.0 Å². The van der Waals surface area contributed by atoms with Crippen LogP contribution in [0.4, 0.5) is 4.39 Å². The molecule has 2 fully saturated rings. The van der Waals surface area contributed by atoms with E-state index in [0.29, 0.717) is 30.6 Å². The highest BCUT2D eigenvalue weighted by Crippen LogP contribution is 2.33. The molecule has 156 valence electrons. The zero-order chi connectivity index (χ0) is 20.5. The van der Waals surface area contributed by atoms with Crippen molar-refractivity contribution < 1.29 is 9.18 Å². The van der Waals surface area contributed by atoms with Crippen molar-refractivity contribution in [2.45, 2.75) is 44.2 Å². The molecule has 3 aromatic rings. The van der Waals surface area contributed by atoms with E-state index in [1.165, 1.54) is 10.8 Å². The molecule has 1 saturated heterocycles. The minimum absolute atomic E-state index is 0.157. The average Bonchev–Trinajstić information content (AvgIpc) is 3.53. The summed E-state index contributed by atoms with van der Waals surface area (Å²) in [4.78, 5) is 22.1. The van der Waals surface area contributed by atoms with Crippen LogP contribution in [0.25, 0.3) is 10.2 Å². The molecule has 30 heavy (non-hydrogen) atoms. The van der Waals surface area contributed by atoms with Gasteiger partial charge in [0.1, 0.15) is 5.82 Å². The molecule has 1 saturated carbocycles. The highest BCUT2D eigenvalue weighted by molar-refractivity contribution is 7.18. The third-order valence-corrected chi connectivity index (χ3v) is 7.37. The summed E-state index contributed by atoms with van der Waals surface area (Å²) in [7, 11) is 0. The molecule has 5 rings (SSSR count). The van der Waals surface area contributed by atoms with Crippen LogP contribution in [0.1, 0.15) is 42.2 Å². The van der Waals surface area contributed by atoms with Gasteiger partial charge in [0.2, 0.25) is 5.91 Å². The van der Waals surface area contributed by atoms with E-state index in [-0.39, 0.29) is 11.7 Å². The largest absolute Gasteiger partial charge is 0.341 e. The molecule has 2 aliphatic rings. The van der Waals surface area contributed by atoms with Crippen LogP contribution in [0, 0.1) is 5.82 Å². The lowest BCUT2D eigenvalue weighted by Gasteiger charge is -2.33. The number of thiazole rings is 1. The van der Waals surface area contributed by atoms with Gasteiger partial charge in [0, 0.05) is 37.2 Å². The number of fused-ring (bicyclic) bond motifs is 1. The fourth-order valence-electron chi connectivity index (χ4n) is 4.34. The Balaban J connectivity index is 1.26. The van der Waals surface area contributed by atoms with Gasteiger partial charge in [-0.1, -0.05) is 30.3 Å². The number of halogens is 1. The first-order chi connectivity index (χ1) is 14.7. The van der Waals surface area contributed by atoms with Crippen molar-refractivity contribution in [3.8, 4) is 0 Å². The Labute approximate surface area is 180 Å². The maximum atomic E-state index is 14.1. The molecule has 0 N–H and O–H groups in total. The van der Waals surface area contributed by atoms with Gasteiger partial charge in [-0.15, -0.1) is 11.3 Å². The molecule has 4 nitrogen and oxygen atoms in total. The lowest BCUT2D eigenvalue weighted by atomic mass is 9.98. The summed E-state index contributed by atoms with van der Waals surface area (Å²) in [6.07, 6.45) is 4.26. The molecule has 1 aliphatic carbocycles. The monoisotopic (exact) mass is 423 g/mol. The lowest BCUT2D eigenvalue weighted by Crippen LogP contribution is -2.45. The zero-order valence-electron chi connectivity index (χ0n) is 17.0. The van der Waals surface area contributed by atoms with E-state index < -0.39 is 0 Å². The quantitative estimate of drug-likeness (QED) is 0.571. The summed E-state index contributed by atoms with van der Waals surface area (Å²) < 4.78 is 15.3. The number of benzene rings is 2. The molecule has 2 heterocycles. The third kappa shape index (κ3) is 4.25. The molecule has 1 amide bonds. The van der Waals surface area contributed by atoms with Crippen LogP contribution in [0.2, 0.25) is 0 Å². The van der Waals surface area contributed by atoms with Gasteiger partial charge in [0.25, 0.3) is 0 Å². The van der Waals surface area contributed by atoms with Gasteiger partial charge in [-0.25, -0.2) is 9.37 Å². The van der Waals surface area contributed by atoms with Crippen molar-refractivity contribution in [1.29, 1.82) is 0 Å². The topological polar surface area (TPSA) is 36.4 Å². The standard InChI is InChI=1S/C24H26FN3OS/c25-20-8-2-1-6-17(20)14-28(19-11-12-19)16-23(29)27-13-5-7-18(15-27)24-26-21-9-3-4-10-22(21)30-24/h1-4,6,8-10,18-19H,5,7,11-16H2/t18-/m0/s1. The smallest absolute Gasteiger partial charge is 0.236 e. The maximum absolute atomic E-state index is 14.1. The fraction of sp³-hybridized carbons (Fsp3) is 0.417. The molecular formula is C24H26FN3OS. The summed E-state index contributed by atoms with van der Waals surface area (Å²) in [5, 5.41) is 1.14. The van der Waals surface area contributed by atoms with Crippen LogP contribution in [-0.2, 0) is 11.3 Å². The molecule has 1 aromatic heterocycles. The number of piperidine rings is 1. The number of hydrogen-bond donors (Lipinski definition) is 0. The molecule has 1 atom stereocenters. The van der Waals surface area contributed by atoms with Gasteiger partial charge in [0.05, 0.1) is 21.8 Å². The Hall–Kier alpha value is -2.31. The summed E-state index contributed by atoms with van der Waals surface area (Å²) >= 11 is 1.75. The molecule has 0 bridgehead atoms. The number of likely N-dealkylation sites (tertiary alicyclic amines) is 1. The lowest BCUT2D eigenvalue weighted by molar-refractivity contribution is -0.134. The van der Waals surface area contributed by atoms with E-state index in [4.69, 9.17) is 4.98 Å². The molecule has 1 aliphatic heterocycles. The number of carbonyl (C=O) groups is 1. The molecule has 0 unspecified atom stereocenters. The van der Waals surface area contributed by atoms with Crippen LogP contribution < -0.4 is 0 Å². The predicted octanol–water partition coefficient (Wildman–Crippen LogP) is 4.81. The van der Waals surface area contributed by atoms with Gasteiger partial charge in [-0.2, -0.15) is 0 Å². The highest BCUT2D eigenvalue weighted by atomic mass is 32.1. The van der Waals surface area contributed by atoms with Crippen molar-refractivity contribution in [2.24, 2.45) is 0 Å². The molecular weight excluding hydrogens is 397 g/mol. The van der Waals surface area contributed by atoms with Crippen molar-refractivity contribution in [3.05, 3.63) is 64.9 Å². The third-order valence-electron chi connectivity index (χ3n) is 6.17. The van der Waals surface area contributed by atoms with Crippen LogP contribution >= 0.6 is 11.3 Å². The summed E-state index contributed by atoms with van der Waals surface area (Å²) in [6, 6.07) is 15.5. The van der Waals surface area contributed by atoms with Gasteiger partial charge in [0.15, 0.2) is 0 Å². The SMILES string of the molecule is O=C(CN(Cc1ccccc1F)C1CC1)N1CCC[C@H](c2nc3ccccc3s2)C1. The summed E-state index contributed by atoms with van der Waals surface area (Å²) in [6.45, 7) is 2.40. The predicted molar refractivity (Wildman–Crippen MR) is 118 cm³/mol. The normalized spacial score (nSPS) is 19.5. The average molecular weight is 424 g/mol. The zero-order valence-corrected chi connectivity index (χ0v) is 17.8. The van der Waals surface area contributed by atoms with Gasteiger partial charge in [-0.05, 0) is 43.9 Å². The highest BCUT2D eigenvalue weighted by Gasteiger charge is 2.33. The number of nitrogens with zero attached hydrogens (tertiary/aromatic N) is 3. The van der Waals surface area contributed by atoms with Crippen molar-refractivity contribution in [2.75, 3.05) is 19.6 Å². The van der Waals surface area contributed by atoms with E-state index in [9.17, 15) is 9.18 Å². The Morgan fingerprint density at radius 3 is 2.73 bits per heavy atom. The molecule has 2 aromatic carbocycles. The Bertz CT molecular complexity index is 1010. The molecule has 6 heteroatoms. The van der Waals surface area contributed by atoms with E-state index >= 15 is 0 Å². The second-order valence-electron chi connectivity index (χ2n) is 8.43. The molecule has 0 spiro atoms. The van der Waals surface area contributed by atoms with Crippen LogP contribution in [0.5, 0.6) is 0 Å². The van der Waals surface area contributed by atoms with E-state index in [0.717, 1.165) is 49.3 Å². The Morgan fingerprint density at radius 2 is 1.93 bits per heavy atom. The van der Waals surface area contributed by atoms with Crippen molar-refractivity contribution in [1.82, 2.24) is 14.8 Å². The van der Waals surface area contributed by atoms with Gasteiger partial charge >= 0.3 is 0 Å². The first-order valence-corrected chi connectivity index (χ1v) is 11.6. The van der Waals surface area contributed by atoms with Crippen molar-refractivity contribution >= 4 is 27.5 Å². The van der Waals surface area contributed by atoms with Crippen LogP contribution in [0.15, 0.2) is 48.5 Å². The second-order valence-corrected chi connectivity index (χ2v) is 9.49. The minimum Gasteiger partial charge on any atom is -0.341 e. The number of carbonyl (C=O) groups excluding carboxylic acids is 1. The number of para-hydroxylation sites is 1. The first-order valence-electron chi connectivity index (χ1n) is 10.8. The van der Waals surface area contributed by atoms with Crippen LogP contribution in [0.3, 0.4) is 0 Å². The Morgan fingerprint density at radius 1 is 1.13 bits per heavy atom. The number of amides is 1.